The van der Waals surface area contributed by atoms with Crippen LogP contribution < -0.4 is 0 Å². The largest absolute Gasteiger partial charge is 0.179 e. The lowest BCUT2D eigenvalue weighted by Gasteiger charge is -2.39. The Morgan fingerprint density at radius 1 is 1.17 bits per heavy atom. The van der Waals surface area contributed by atoms with Gasteiger partial charge in [0.05, 0.1) is 0 Å². The smallest absolute Gasteiger partial charge is 0.00666 e. The van der Waals surface area contributed by atoms with Gasteiger partial charge in [-0.15, -0.1) is 0 Å². The van der Waals surface area contributed by atoms with Crippen LogP contribution in [0.15, 0.2) is 0 Å². The highest BCUT2D eigenvalue weighted by molar-refractivity contribution is 7.80. The Morgan fingerprint density at radius 3 is 2.75 bits per heavy atom. The van der Waals surface area contributed by atoms with E-state index >= 15 is 0 Å². The molecule has 12 heavy (non-hydrogen) atoms. The molecule has 0 spiro atoms. The van der Waals surface area contributed by atoms with E-state index in [0.717, 1.165) is 41.3 Å². The van der Waals surface area contributed by atoms with Crippen LogP contribution in [0.3, 0.4) is 0 Å². The monoisotopic (exact) mass is 182 g/mol. The van der Waals surface area contributed by atoms with Crippen molar-refractivity contribution in [2.75, 3.05) is 5.75 Å². The third-order valence-electron chi connectivity index (χ3n) is 4.93. The zero-order valence-corrected chi connectivity index (χ0v) is 8.63. The first-order valence-electron chi connectivity index (χ1n) is 5.42. The van der Waals surface area contributed by atoms with E-state index in [-0.39, 0.29) is 0 Å². The van der Waals surface area contributed by atoms with Crippen LogP contribution in [0.4, 0.5) is 0 Å². The molecule has 3 fully saturated rings. The molecule has 68 valence electrons. The minimum Gasteiger partial charge on any atom is -0.179 e. The van der Waals surface area contributed by atoms with Crippen molar-refractivity contribution in [1.82, 2.24) is 0 Å². The SMILES string of the molecule is CC1CC2C(CS)CC3CC1C32. The second kappa shape index (κ2) is 2.43. The van der Waals surface area contributed by atoms with Crippen LogP contribution in [-0.4, -0.2) is 5.75 Å². The van der Waals surface area contributed by atoms with E-state index in [0.29, 0.717) is 0 Å². The van der Waals surface area contributed by atoms with Crippen molar-refractivity contribution < 1.29 is 0 Å². The molecule has 0 saturated heterocycles. The quantitative estimate of drug-likeness (QED) is 0.592. The summed E-state index contributed by atoms with van der Waals surface area (Å²) in [5, 5.41) is 0. The van der Waals surface area contributed by atoms with Gasteiger partial charge in [-0.2, -0.15) is 12.6 Å². The van der Waals surface area contributed by atoms with Crippen LogP contribution in [0.5, 0.6) is 0 Å². The summed E-state index contributed by atoms with van der Waals surface area (Å²) in [6.07, 6.45) is 4.60. The maximum Gasteiger partial charge on any atom is -0.00666 e. The van der Waals surface area contributed by atoms with Crippen molar-refractivity contribution >= 4 is 12.6 Å². The van der Waals surface area contributed by atoms with Gasteiger partial charge in [0.15, 0.2) is 0 Å². The van der Waals surface area contributed by atoms with Crippen molar-refractivity contribution in [3.05, 3.63) is 0 Å². The molecule has 6 atom stereocenters. The van der Waals surface area contributed by atoms with Crippen LogP contribution in [0.1, 0.15) is 26.2 Å². The molecule has 3 rings (SSSR count). The lowest BCUT2D eigenvalue weighted by Crippen LogP contribution is -2.33. The van der Waals surface area contributed by atoms with Gasteiger partial charge >= 0.3 is 0 Å². The second-order valence-electron chi connectivity index (χ2n) is 5.29. The van der Waals surface area contributed by atoms with Gasteiger partial charge in [0.2, 0.25) is 0 Å². The highest BCUT2D eigenvalue weighted by Gasteiger charge is 2.58. The van der Waals surface area contributed by atoms with Crippen molar-refractivity contribution in [3.8, 4) is 0 Å². The molecule has 0 nitrogen and oxygen atoms in total. The predicted octanol–water partition coefficient (Wildman–Crippen LogP) is 2.84. The fourth-order valence-corrected chi connectivity index (χ4v) is 4.81. The number of hydrogen-bond donors (Lipinski definition) is 1. The van der Waals surface area contributed by atoms with Gasteiger partial charge in [-0.25, -0.2) is 0 Å². The standard InChI is InChI=1S/C11H18S/c1-6-2-10-8(5-12)3-7-4-9(6)11(7)10/h6-12H,2-5H2,1H3. The number of rotatable bonds is 1. The van der Waals surface area contributed by atoms with Gasteiger partial charge in [0.1, 0.15) is 0 Å². The van der Waals surface area contributed by atoms with Crippen molar-refractivity contribution in [3.63, 3.8) is 0 Å². The Labute approximate surface area is 80.5 Å². The third kappa shape index (κ3) is 0.767. The van der Waals surface area contributed by atoms with Gasteiger partial charge in [0, 0.05) is 0 Å². The predicted molar refractivity (Wildman–Crippen MR) is 54.3 cm³/mol. The molecule has 3 aliphatic carbocycles. The lowest BCUT2D eigenvalue weighted by molar-refractivity contribution is 0.0911. The van der Waals surface area contributed by atoms with Gasteiger partial charge in [0.25, 0.3) is 0 Å². The lowest BCUT2D eigenvalue weighted by atomic mass is 9.65. The Balaban J connectivity index is 1.85. The summed E-state index contributed by atoms with van der Waals surface area (Å²) in [5.41, 5.74) is 0. The van der Waals surface area contributed by atoms with E-state index in [1.54, 1.807) is 6.42 Å². The Kier molecular flexibility index (Phi) is 1.57. The van der Waals surface area contributed by atoms with E-state index in [9.17, 15) is 0 Å². The molecule has 1 heteroatoms. The van der Waals surface area contributed by atoms with Crippen LogP contribution in [0.2, 0.25) is 0 Å². The molecule has 0 radical (unpaired) electrons. The first-order valence-corrected chi connectivity index (χ1v) is 6.05. The van der Waals surface area contributed by atoms with E-state index in [4.69, 9.17) is 0 Å². The van der Waals surface area contributed by atoms with Crippen molar-refractivity contribution in [1.29, 1.82) is 0 Å². The second-order valence-corrected chi connectivity index (χ2v) is 5.66. The summed E-state index contributed by atoms with van der Waals surface area (Å²) < 4.78 is 0. The number of hydrogen-bond acceptors (Lipinski definition) is 1. The van der Waals surface area contributed by atoms with E-state index in [2.05, 4.69) is 19.6 Å². The van der Waals surface area contributed by atoms with Gasteiger partial charge in [-0.05, 0) is 60.5 Å². The molecule has 0 aromatic heterocycles. The van der Waals surface area contributed by atoms with E-state index in [1.165, 1.54) is 12.8 Å². The maximum atomic E-state index is 4.49. The molecule has 0 bridgehead atoms. The zero-order chi connectivity index (χ0) is 8.29. The summed E-state index contributed by atoms with van der Waals surface area (Å²) in [6.45, 7) is 2.47. The molecule has 0 aromatic rings. The molecule has 0 N–H and O–H groups in total. The molecule has 0 heterocycles. The molecule has 3 saturated carbocycles. The van der Waals surface area contributed by atoms with Crippen LogP contribution in [-0.2, 0) is 0 Å². The average molecular weight is 182 g/mol. The maximum absolute atomic E-state index is 4.49. The minimum atomic E-state index is 0.985. The average Bonchev–Trinajstić information content (AvgIpc) is 2.35. The van der Waals surface area contributed by atoms with Gasteiger partial charge < -0.3 is 0 Å². The summed E-state index contributed by atoms with van der Waals surface area (Å²) in [6, 6.07) is 0. The topological polar surface area (TPSA) is 0 Å². The zero-order valence-electron chi connectivity index (χ0n) is 7.74. The molecule has 0 amide bonds. The third-order valence-corrected chi connectivity index (χ3v) is 5.40. The summed E-state index contributed by atoms with van der Waals surface area (Å²) in [5.74, 6) is 7.67. The summed E-state index contributed by atoms with van der Waals surface area (Å²) >= 11 is 4.49. The van der Waals surface area contributed by atoms with Gasteiger partial charge in [-0.3, -0.25) is 0 Å². The first kappa shape index (κ1) is 7.73. The van der Waals surface area contributed by atoms with E-state index in [1.807, 2.05) is 0 Å². The molecule has 0 aliphatic heterocycles. The molecule has 3 aliphatic rings. The summed E-state index contributed by atoms with van der Waals surface area (Å²) in [4.78, 5) is 0. The van der Waals surface area contributed by atoms with Crippen molar-refractivity contribution in [2.24, 2.45) is 35.5 Å². The van der Waals surface area contributed by atoms with Crippen LogP contribution >= 0.6 is 12.6 Å². The molecular weight excluding hydrogens is 164 g/mol. The summed E-state index contributed by atoms with van der Waals surface area (Å²) in [7, 11) is 0. The van der Waals surface area contributed by atoms with Crippen LogP contribution in [0, 0.1) is 35.5 Å². The van der Waals surface area contributed by atoms with Crippen molar-refractivity contribution in [2.45, 2.75) is 26.2 Å². The van der Waals surface area contributed by atoms with E-state index < -0.39 is 0 Å². The molecule has 0 aromatic carbocycles. The minimum absolute atomic E-state index is 0.985. The fraction of sp³-hybridized carbons (Fsp3) is 1.00. The fourth-order valence-electron chi connectivity index (χ4n) is 4.39. The first-order chi connectivity index (χ1) is 5.81. The highest BCUT2D eigenvalue weighted by Crippen LogP contribution is 2.65. The Hall–Kier alpha value is 0.350. The van der Waals surface area contributed by atoms with Crippen LogP contribution in [0.25, 0.3) is 0 Å². The normalized spacial score (nSPS) is 61.5. The Bertz CT molecular complexity index is 201. The highest BCUT2D eigenvalue weighted by atomic mass is 32.1. The van der Waals surface area contributed by atoms with Gasteiger partial charge in [-0.1, -0.05) is 6.92 Å². The molecule has 6 unspecified atom stereocenters. The number of thiol groups is 1. The molecular formula is C11H18S. The Morgan fingerprint density at radius 2 is 2.00 bits per heavy atom.